The van der Waals surface area contributed by atoms with Crippen molar-refractivity contribution in [3.05, 3.63) is 22.1 Å². The molecule has 0 bridgehead atoms. The first-order valence-corrected chi connectivity index (χ1v) is 6.27. The molecule has 2 atom stereocenters. The Hall–Kier alpha value is -1.08. The summed E-state index contributed by atoms with van der Waals surface area (Å²) in [4.78, 5) is 15.7. The molecule has 1 saturated heterocycles. The molecular weight excluding hydrogens is 308 g/mol. The molecule has 2 N–H and O–H groups in total. The van der Waals surface area contributed by atoms with Gasteiger partial charge in [-0.15, -0.1) is 0 Å². The van der Waals surface area contributed by atoms with Crippen molar-refractivity contribution in [1.82, 2.24) is 10.3 Å². The van der Waals surface area contributed by atoms with Gasteiger partial charge in [-0.05, 0) is 34.5 Å². The fourth-order valence-corrected chi connectivity index (χ4v) is 2.07. The average Bonchev–Trinajstić information content (AvgIpc) is 2.73. The Morgan fingerprint density at radius 1 is 1.67 bits per heavy atom. The van der Waals surface area contributed by atoms with E-state index in [1.807, 2.05) is 0 Å². The number of aryl methyl sites for hydroxylation is 1. The van der Waals surface area contributed by atoms with Gasteiger partial charge in [-0.1, -0.05) is 0 Å². The lowest BCUT2D eigenvalue weighted by Gasteiger charge is -2.12. The van der Waals surface area contributed by atoms with Crippen LogP contribution in [0.3, 0.4) is 0 Å². The smallest absolute Gasteiger partial charge is 0.242 e. The molecule has 2 rings (SSSR count). The Bertz CT molecular complexity index is 484. The Morgan fingerprint density at radius 3 is 3.00 bits per heavy atom. The summed E-state index contributed by atoms with van der Waals surface area (Å²) in [6, 6.07) is 0.706. The van der Waals surface area contributed by atoms with Crippen molar-refractivity contribution in [3.63, 3.8) is 0 Å². The number of pyridine rings is 1. The van der Waals surface area contributed by atoms with Crippen molar-refractivity contribution in [2.75, 3.05) is 11.9 Å². The number of rotatable bonds is 2. The number of carbonyl (C=O) groups excluding carboxylic acids is 1. The van der Waals surface area contributed by atoms with Gasteiger partial charge in [0.25, 0.3) is 0 Å². The van der Waals surface area contributed by atoms with Crippen LogP contribution < -0.4 is 10.6 Å². The highest BCUT2D eigenvalue weighted by atomic mass is 79.9. The second kappa shape index (κ2) is 5.27. The van der Waals surface area contributed by atoms with Gasteiger partial charge in [0, 0.05) is 13.0 Å². The summed E-state index contributed by atoms with van der Waals surface area (Å²) in [6.45, 7) is 1.82. The van der Waals surface area contributed by atoms with E-state index in [1.54, 1.807) is 6.92 Å². The van der Waals surface area contributed by atoms with Gasteiger partial charge < -0.3 is 10.6 Å². The third-order valence-electron chi connectivity index (χ3n) is 2.76. The van der Waals surface area contributed by atoms with Gasteiger partial charge in [-0.25, -0.2) is 13.8 Å². The van der Waals surface area contributed by atoms with Gasteiger partial charge in [-0.3, -0.25) is 4.79 Å². The van der Waals surface area contributed by atoms with Crippen LogP contribution in [0.1, 0.15) is 12.0 Å². The highest BCUT2D eigenvalue weighted by molar-refractivity contribution is 9.10. The van der Waals surface area contributed by atoms with E-state index in [-0.39, 0.29) is 29.3 Å². The van der Waals surface area contributed by atoms with E-state index in [4.69, 9.17) is 0 Å². The van der Waals surface area contributed by atoms with Crippen LogP contribution in [-0.2, 0) is 4.79 Å². The summed E-state index contributed by atoms with van der Waals surface area (Å²) in [7, 11) is 0. The molecule has 98 valence electrons. The SMILES string of the molecule is Cc1cc(F)c(Br)nc1NC(=O)[C@@H]1C[C@@H](F)CN1. The molecule has 1 aliphatic heterocycles. The Morgan fingerprint density at radius 2 is 2.39 bits per heavy atom. The van der Waals surface area contributed by atoms with Crippen molar-refractivity contribution in [2.24, 2.45) is 0 Å². The van der Waals surface area contributed by atoms with Crippen molar-refractivity contribution < 1.29 is 13.6 Å². The molecule has 1 amide bonds. The molecule has 0 unspecified atom stereocenters. The number of aromatic nitrogens is 1. The lowest BCUT2D eigenvalue weighted by molar-refractivity contribution is -0.117. The Kier molecular flexibility index (Phi) is 3.91. The minimum absolute atomic E-state index is 0.0335. The van der Waals surface area contributed by atoms with Gasteiger partial charge >= 0.3 is 0 Å². The predicted molar refractivity (Wildman–Crippen MR) is 66.6 cm³/mol. The zero-order valence-electron chi connectivity index (χ0n) is 9.64. The van der Waals surface area contributed by atoms with E-state index >= 15 is 0 Å². The molecule has 1 aromatic rings. The summed E-state index contributed by atoms with van der Waals surface area (Å²) < 4.78 is 26.2. The molecule has 1 aromatic heterocycles. The summed E-state index contributed by atoms with van der Waals surface area (Å²) >= 11 is 2.95. The Labute approximate surface area is 111 Å². The van der Waals surface area contributed by atoms with Crippen molar-refractivity contribution >= 4 is 27.7 Å². The number of halogens is 3. The van der Waals surface area contributed by atoms with Crippen molar-refractivity contribution in [1.29, 1.82) is 0 Å². The monoisotopic (exact) mass is 319 g/mol. The van der Waals surface area contributed by atoms with Crippen LogP contribution in [0.15, 0.2) is 10.7 Å². The molecule has 4 nitrogen and oxygen atoms in total. The molecule has 18 heavy (non-hydrogen) atoms. The zero-order chi connectivity index (χ0) is 13.3. The number of alkyl halides is 1. The first-order chi connectivity index (χ1) is 8.47. The van der Waals surface area contributed by atoms with Crippen LogP contribution in [-0.4, -0.2) is 29.6 Å². The molecule has 0 saturated carbocycles. The Balaban J connectivity index is 2.09. The number of hydrogen-bond donors (Lipinski definition) is 2. The quantitative estimate of drug-likeness (QED) is 0.819. The van der Waals surface area contributed by atoms with Gasteiger partial charge in [-0.2, -0.15) is 0 Å². The fraction of sp³-hybridized carbons (Fsp3) is 0.455. The highest BCUT2D eigenvalue weighted by Crippen LogP contribution is 2.20. The maximum atomic E-state index is 13.2. The lowest BCUT2D eigenvalue weighted by Crippen LogP contribution is -2.35. The fourth-order valence-electron chi connectivity index (χ4n) is 1.78. The number of carbonyl (C=O) groups is 1. The van der Waals surface area contributed by atoms with Crippen LogP contribution in [0, 0.1) is 12.7 Å². The molecule has 0 radical (unpaired) electrons. The van der Waals surface area contributed by atoms with E-state index in [2.05, 4.69) is 31.5 Å². The van der Waals surface area contributed by atoms with E-state index < -0.39 is 18.0 Å². The second-order valence-corrected chi connectivity index (χ2v) is 4.96. The van der Waals surface area contributed by atoms with Crippen molar-refractivity contribution in [3.8, 4) is 0 Å². The molecular formula is C11H12BrF2N3O. The van der Waals surface area contributed by atoms with E-state index in [0.717, 1.165) is 0 Å². The topological polar surface area (TPSA) is 54.0 Å². The van der Waals surface area contributed by atoms with E-state index in [1.165, 1.54) is 6.07 Å². The molecule has 0 spiro atoms. The molecule has 1 fully saturated rings. The molecule has 0 aromatic carbocycles. The number of nitrogens with zero attached hydrogens (tertiary/aromatic N) is 1. The normalized spacial score (nSPS) is 23.1. The van der Waals surface area contributed by atoms with Crippen LogP contribution in [0.2, 0.25) is 0 Å². The standard InChI is InChI=1S/C11H12BrF2N3O/c1-5-2-7(14)9(12)16-10(5)17-11(18)8-3-6(13)4-15-8/h2,6,8,15H,3-4H2,1H3,(H,16,17,18)/t6-,8+/m1/s1. The van der Waals surface area contributed by atoms with E-state index in [0.29, 0.717) is 5.56 Å². The van der Waals surface area contributed by atoms with Crippen molar-refractivity contribution in [2.45, 2.75) is 25.6 Å². The first kappa shape index (κ1) is 13.4. The summed E-state index contributed by atoms with van der Waals surface area (Å²) in [6.07, 6.45) is -0.859. The van der Waals surface area contributed by atoms with Gasteiger partial charge in [0.2, 0.25) is 5.91 Å². The minimum atomic E-state index is -1.00. The summed E-state index contributed by atoms with van der Waals surface area (Å²) in [5.74, 6) is -0.574. The first-order valence-electron chi connectivity index (χ1n) is 5.48. The third kappa shape index (κ3) is 2.84. The molecule has 1 aliphatic rings. The maximum absolute atomic E-state index is 13.2. The second-order valence-electron chi connectivity index (χ2n) is 4.21. The average molecular weight is 320 g/mol. The number of hydrogen-bond acceptors (Lipinski definition) is 3. The third-order valence-corrected chi connectivity index (χ3v) is 3.32. The van der Waals surface area contributed by atoms with Gasteiger partial charge in [0.1, 0.15) is 16.6 Å². The number of anilines is 1. The maximum Gasteiger partial charge on any atom is 0.242 e. The molecule has 0 aliphatic carbocycles. The zero-order valence-corrected chi connectivity index (χ0v) is 11.2. The largest absolute Gasteiger partial charge is 0.309 e. The lowest BCUT2D eigenvalue weighted by atomic mass is 10.2. The summed E-state index contributed by atoms with van der Waals surface area (Å²) in [5.41, 5.74) is 0.513. The van der Waals surface area contributed by atoms with Gasteiger partial charge in [0.15, 0.2) is 5.82 Å². The van der Waals surface area contributed by atoms with Gasteiger partial charge in [0.05, 0.1) is 6.04 Å². The van der Waals surface area contributed by atoms with Crippen LogP contribution in [0.4, 0.5) is 14.6 Å². The van der Waals surface area contributed by atoms with Crippen LogP contribution in [0.5, 0.6) is 0 Å². The minimum Gasteiger partial charge on any atom is -0.309 e. The highest BCUT2D eigenvalue weighted by Gasteiger charge is 2.29. The number of nitrogens with one attached hydrogen (secondary N) is 2. The van der Waals surface area contributed by atoms with Crippen LogP contribution >= 0.6 is 15.9 Å². The number of amides is 1. The molecule has 7 heteroatoms. The molecule has 2 heterocycles. The van der Waals surface area contributed by atoms with Crippen LogP contribution in [0.25, 0.3) is 0 Å². The van der Waals surface area contributed by atoms with E-state index in [9.17, 15) is 13.6 Å². The summed E-state index contributed by atoms with van der Waals surface area (Å²) in [5, 5.41) is 5.34. The predicted octanol–water partition coefficient (Wildman–Crippen LogP) is 1.93.